The maximum Gasteiger partial charge on any atom is 0.107 e. The maximum absolute atomic E-state index is 5.96. The molecule has 16 heavy (non-hydrogen) atoms. The maximum atomic E-state index is 5.96. The lowest BCUT2D eigenvalue weighted by atomic mass is 10.2. The predicted octanol–water partition coefficient (Wildman–Crippen LogP) is 2.57. The van der Waals surface area contributed by atoms with Crippen LogP contribution in [0.25, 0.3) is 0 Å². The van der Waals surface area contributed by atoms with Crippen LogP contribution in [0.2, 0.25) is 0 Å². The number of aryl methyl sites for hydroxylation is 1. The molecule has 0 radical (unpaired) electrons. The third kappa shape index (κ3) is 3.27. The Balaban J connectivity index is 2.82. The number of nitrogens with zero attached hydrogens (tertiary/aromatic N) is 2. The number of hydrogen-bond donors (Lipinski definition) is 1. The molecule has 0 fully saturated rings. The van der Waals surface area contributed by atoms with Crippen molar-refractivity contribution >= 4 is 11.3 Å². The zero-order valence-electron chi connectivity index (χ0n) is 10.8. The molecule has 0 saturated heterocycles. The highest BCUT2D eigenvalue weighted by molar-refractivity contribution is 7.11. The van der Waals surface area contributed by atoms with Gasteiger partial charge in [0.15, 0.2) is 0 Å². The lowest BCUT2D eigenvalue weighted by molar-refractivity contribution is 0.295. The molecule has 3 nitrogen and oxygen atoms in total. The molecule has 0 aliphatic heterocycles. The summed E-state index contributed by atoms with van der Waals surface area (Å²) in [6.07, 6.45) is 0.978. The van der Waals surface area contributed by atoms with Gasteiger partial charge in [0.1, 0.15) is 5.01 Å². The smallest absolute Gasteiger partial charge is 0.107 e. The molecule has 0 aliphatic carbocycles. The lowest BCUT2D eigenvalue weighted by Gasteiger charge is -2.15. The SMILES string of the molecule is CCc1nc(CN(CC)CC)sc1C(C)N. The highest BCUT2D eigenvalue weighted by atomic mass is 32.1. The average Bonchev–Trinajstić information content (AvgIpc) is 2.69. The number of thiazole rings is 1. The number of nitrogens with two attached hydrogens (primary N) is 1. The first-order valence-corrected chi connectivity index (χ1v) is 6.90. The molecule has 0 aliphatic rings. The zero-order chi connectivity index (χ0) is 12.1. The number of hydrogen-bond acceptors (Lipinski definition) is 4. The Morgan fingerprint density at radius 1 is 1.31 bits per heavy atom. The molecule has 92 valence electrons. The Kier molecular flexibility index (Phi) is 5.38. The zero-order valence-corrected chi connectivity index (χ0v) is 11.6. The van der Waals surface area contributed by atoms with Crippen LogP contribution in [0.4, 0.5) is 0 Å². The van der Waals surface area contributed by atoms with Gasteiger partial charge >= 0.3 is 0 Å². The molecule has 1 rings (SSSR count). The summed E-state index contributed by atoms with van der Waals surface area (Å²) in [4.78, 5) is 8.32. The van der Waals surface area contributed by atoms with Gasteiger partial charge in [-0.05, 0) is 26.4 Å². The summed E-state index contributed by atoms with van der Waals surface area (Å²) in [7, 11) is 0. The van der Waals surface area contributed by atoms with E-state index < -0.39 is 0 Å². The van der Waals surface area contributed by atoms with Crippen molar-refractivity contribution in [3.63, 3.8) is 0 Å². The van der Waals surface area contributed by atoms with E-state index in [1.165, 1.54) is 15.6 Å². The molecule has 4 heteroatoms. The largest absolute Gasteiger partial charge is 0.323 e. The van der Waals surface area contributed by atoms with E-state index in [0.29, 0.717) is 0 Å². The fraction of sp³-hybridized carbons (Fsp3) is 0.750. The Morgan fingerprint density at radius 3 is 2.31 bits per heavy atom. The molecule has 1 heterocycles. The minimum absolute atomic E-state index is 0.109. The molecule has 1 atom stereocenters. The minimum Gasteiger partial charge on any atom is -0.323 e. The molecular weight excluding hydrogens is 218 g/mol. The van der Waals surface area contributed by atoms with Crippen LogP contribution in [-0.4, -0.2) is 23.0 Å². The standard InChI is InChI=1S/C12H23N3S/c1-5-10-12(9(4)13)16-11(14-10)8-15(6-2)7-3/h9H,5-8,13H2,1-4H3. The molecule has 0 bridgehead atoms. The molecule has 1 aromatic heterocycles. The van der Waals surface area contributed by atoms with Crippen LogP contribution in [0.1, 0.15) is 49.3 Å². The van der Waals surface area contributed by atoms with Crippen molar-refractivity contribution in [3.05, 3.63) is 15.6 Å². The third-order valence-corrected chi connectivity index (χ3v) is 4.06. The molecular formula is C12H23N3S. The van der Waals surface area contributed by atoms with E-state index in [2.05, 4.69) is 30.7 Å². The van der Waals surface area contributed by atoms with E-state index in [0.717, 1.165) is 26.1 Å². The predicted molar refractivity (Wildman–Crippen MR) is 70.7 cm³/mol. The summed E-state index contributed by atoms with van der Waals surface area (Å²) >= 11 is 1.77. The minimum atomic E-state index is 0.109. The summed E-state index contributed by atoms with van der Waals surface area (Å²) in [5.41, 5.74) is 7.14. The normalized spacial score (nSPS) is 13.4. The van der Waals surface area contributed by atoms with Crippen LogP contribution in [0.5, 0.6) is 0 Å². The first-order chi connectivity index (χ1) is 7.62. The van der Waals surface area contributed by atoms with Gasteiger partial charge < -0.3 is 5.73 Å². The van der Waals surface area contributed by atoms with Crippen molar-refractivity contribution in [1.29, 1.82) is 0 Å². The topological polar surface area (TPSA) is 42.2 Å². The Bertz CT molecular complexity index is 316. The summed E-state index contributed by atoms with van der Waals surface area (Å²) in [6, 6.07) is 0.109. The molecule has 0 amide bonds. The van der Waals surface area contributed by atoms with Crippen molar-refractivity contribution < 1.29 is 0 Å². The first-order valence-electron chi connectivity index (χ1n) is 6.08. The molecule has 0 aromatic carbocycles. The molecule has 1 unspecified atom stereocenters. The van der Waals surface area contributed by atoms with Crippen molar-refractivity contribution in [2.75, 3.05) is 13.1 Å². The summed E-state index contributed by atoms with van der Waals surface area (Å²) in [5, 5.41) is 1.20. The van der Waals surface area contributed by atoms with E-state index in [4.69, 9.17) is 5.73 Å². The number of aromatic nitrogens is 1. The van der Waals surface area contributed by atoms with Gasteiger partial charge in [0, 0.05) is 10.9 Å². The van der Waals surface area contributed by atoms with Crippen LogP contribution in [-0.2, 0) is 13.0 Å². The van der Waals surface area contributed by atoms with E-state index in [9.17, 15) is 0 Å². The monoisotopic (exact) mass is 241 g/mol. The Hall–Kier alpha value is -0.450. The molecule has 0 spiro atoms. The molecule has 0 saturated carbocycles. The highest BCUT2D eigenvalue weighted by Crippen LogP contribution is 2.25. The number of rotatable bonds is 6. The van der Waals surface area contributed by atoms with Gasteiger partial charge in [-0.2, -0.15) is 0 Å². The van der Waals surface area contributed by atoms with Crippen LogP contribution < -0.4 is 5.73 Å². The van der Waals surface area contributed by atoms with E-state index in [1.54, 1.807) is 11.3 Å². The second-order valence-corrected chi connectivity index (χ2v) is 5.14. The molecule has 2 N–H and O–H groups in total. The van der Waals surface area contributed by atoms with Gasteiger partial charge in [0.2, 0.25) is 0 Å². The van der Waals surface area contributed by atoms with Gasteiger partial charge in [-0.3, -0.25) is 4.90 Å². The highest BCUT2D eigenvalue weighted by Gasteiger charge is 2.14. The Labute approximate surface area is 103 Å². The van der Waals surface area contributed by atoms with E-state index >= 15 is 0 Å². The quantitative estimate of drug-likeness (QED) is 0.832. The molecule has 1 aromatic rings. The van der Waals surface area contributed by atoms with Gasteiger partial charge in [0.05, 0.1) is 12.2 Å². The average molecular weight is 241 g/mol. The second kappa shape index (κ2) is 6.33. The summed E-state index contributed by atoms with van der Waals surface area (Å²) in [6.45, 7) is 11.7. The van der Waals surface area contributed by atoms with Crippen LogP contribution in [0.15, 0.2) is 0 Å². The first kappa shape index (κ1) is 13.6. The summed E-state index contributed by atoms with van der Waals surface area (Å²) < 4.78 is 0. The van der Waals surface area contributed by atoms with Gasteiger partial charge in [-0.1, -0.05) is 20.8 Å². The third-order valence-electron chi connectivity index (χ3n) is 2.77. The fourth-order valence-corrected chi connectivity index (χ4v) is 2.88. The van der Waals surface area contributed by atoms with Crippen molar-refractivity contribution in [3.8, 4) is 0 Å². The van der Waals surface area contributed by atoms with Gasteiger partial charge in [-0.25, -0.2) is 4.98 Å². The van der Waals surface area contributed by atoms with Crippen LogP contribution in [0, 0.1) is 0 Å². The fourth-order valence-electron chi connectivity index (χ4n) is 1.73. The van der Waals surface area contributed by atoms with Crippen LogP contribution >= 0.6 is 11.3 Å². The van der Waals surface area contributed by atoms with E-state index in [-0.39, 0.29) is 6.04 Å². The van der Waals surface area contributed by atoms with E-state index in [1.807, 2.05) is 6.92 Å². The van der Waals surface area contributed by atoms with Crippen molar-refractivity contribution in [2.24, 2.45) is 5.73 Å². The summed E-state index contributed by atoms with van der Waals surface area (Å²) in [5.74, 6) is 0. The van der Waals surface area contributed by atoms with Crippen molar-refractivity contribution in [1.82, 2.24) is 9.88 Å². The Morgan fingerprint density at radius 2 is 1.94 bits per heavy atom. The van der Waals surface area contributed by atoms with Crippen molar-refractivity contribution in [2.45, 2.75) is 46.7 Å². The van der Waals surface area contributed by atoms with Gasteiger partial charge in [0.25, 0.3) is 0 Å². The second-order valence-electron chi connectivity index (χ2n) is 4.02. The lowest BCUT2D eigenvalue weighted by Crippen LogP contribution is -2.21. The van der Waals surface area contributed by atoms with Gasteiger partial charge in [-0.15, -0.1) is 11.3 Å². The van der Waals surface area contributed by atoms with Crippen LogP contribution in [0.3, 0.4) is 0 Å².